The van der Waals surface area contributed by atoms with Crippen LogP contribution in [0, 0.1) is 0 Å². The molecule has 0 aromatic heterocycles. The Kier molecular flexibility index (Phi) is 14.7. The van der Waals surface area contributed by atoms with E-state index >= 15 is 0 Å². The van der Waals surface area contributed by atoms with E-state index in [0.29, 0.717) is 12.3 Å². The van der Waals surface area contributed by atoms with Crippen molar-refractivity contribution in [1.82, 2.24) is 0 Å². The fourth-order valence-corrected chi connectivity index (χ4v) is 0.671. The van der Waals surface area contributed by atoms with Crippen molar-refractivity contribution in [3.63, 3.8) is 0 Å². The predicted molar refractivity (Wildman–Crippen MR) is 54.8 cm³/mol. The molecule has 8 heteroatoms. The molecule has 1 N–H and O–H groups in total. The van der Waals surface area contributed by atoms with Gasteiger partial charge in [-0.05, 0) is 6.16 Å². The maximum Gasteiger partial charge on any atom is 2.00 e. The van der Waals surface area contributed by atoms with Crippen LogP contribution in [-0.2, 0) is 9.13 Å². The Hall–Kier alpha value is 1.60. The third-order valence-corrected chi connectivity index (χ3v) is 4.13. The van der Waals surface area contributed by atoms with Crippen molar-refractivity contribution in [3.8, 4) is 0 Å². The van der Waals surface area contributed by atoms with Gasteiger partial charge in [0, 0.05) is 12.3 Å². The third kappa shape index (κ3) is 19.2. The van der Waals surface area contributed by atoms with Gasteiger partial charge in [-0.1, -0.05) is 28.4 Å². The molecule has 0 aliphatic carbocycles. The summed E-state index contributed by atoms with van der Waals surface area (Å²) in [5, 5.41) is 0. The van der Waals surface area contributed by atoms with Crippen LogP contribution in [0.1, 0.15) is 20.8 Å². The van der Waals surface area contributed by atoms with Crippen LogP contribution >= 0.6 is 15.0 Å². The van der Waals surface area contributed by atoms with Gasteiger partial charge in [-0.2, -0.15) is 0 Å². The molecule has 0 aliphatic rings. The summed E-state index contributed by atoms with van der Waals surface area (Å²) in [5.74, 6) is 0. The third-order valence-electron chi connectivity index (χ3n) is 1.38. The van der Waals surface area contributed by atoms with Crippen LogP contribution in [0.3, 0.4) is 0 Å². The molecule has 82 valence electrons. The Labute approximate surface area is 115 Å². The van der Waals surface area contributed by atoms with Gasteiger partial charge >= 0.3 is 37.7 Å². The molecule has 0 unspecified atom stereocenters. The summed E-state index contributed by atoms with van der Waals surface area (Å²) in [7, 11) is -6.80. The van der Waals surface area contributed by atoms with Crippen LogP contribution in [0.4, 0.5) is 0 Å². The molecule has 0 fully saturated rings. The summed E-state index contributed by atoms with van der Waals surface area (Å²) in [6, 6.07) is 0. The molecule has 0 aromatic carbocycles. The number of hydrogen-bond donors (Lipinski definition) is 1. The quantitative estimate of drug-likeness (QED) is 0.567. The summed E-state index contributed by atoms with van der Waals surface area (Å²) in [5.41, 5.74) is 0. The molecular weight excluding hydrogens is 254 g/mol. The Balaban J connectivity index is -0.000000163. The zero-order valence-electron chi connectivity index (χ0n) is 8.80. The number of rotatable bonds is 3. The fraction of sp³-hybridized carbons (Fsp3) is 1.00. The maximum atomic E-state index is 10.5. The first kappa shape index (κ1) is 20.9. The summed E-state index contributed by atoms with van der Waals surface area (Å²) >= 11 is 0. The van der Waals surface area contributed by atoms with Gasteiger partial charge in [0.05, 0.1) is 0 Å². The van der Waals surface area contributed by atoms with E-state index in [1.54, 1.807) is 13.8 Å². The van der Waals surface area contributed by atoms with E-state index in [4.69, 9.17) is 4.89 Å². The summed E-state index contributed by atoms with van der Waals surface area (Å²) < 4.78 is 20.0. The molecule has 0 spiro atoms. The fourth-order valence-electron chi connectivity index (χ4n) is 0.224. The van der Waals surface area contributed by atoms with E-state index in [1.807, 2.05) is 0 Å². The van der Waals surface area contributed by atoms with Crippen LogP contribution in [-0.4, -0.2) is 61.1 Å². The van der Waals surface area contributed by atoms with E-state index in [9.17, 15) is 18.9 Å². The van der Waals surface area contributed by atoms with Crippen molar-refractivity contribution >= 4 is 52.7 Å². The first-order valence-corrected chi connectivity index (χ1v) is 7.76. The van der Waals surface area contributed by atoms with E-state index in [2.05, 4.69) is 0 Å². The molecule has 14 heavy (non-hydrogen) atoms. The van der Waals surface area contributed by atoms with E-state index in [1.165, 1.54) is 6.92 Å². The maximum absolute atomic E-state index is 10.5. The monoisotopic (exact) mass is 270 g/mol. The van der Waals surface area contributed by atoms with Crippen LogP contribution in [0.15, 0.2) is 0 Å². The minimum Gasteiger partial charge on any atom is -0.811 e. The predicted octanol–water partition coefficient (Wildman–Crippen LogP) is -0.164. The minimum absolute atomic E-state index is 0. The van der Waals surface area contributed by atoms with Crippen molar-refractivity contribution in [2.24, 2.45) is 0 Å². The van der Waals surface area contributed by atoms with E-state index in [0.717, 1.165) is 0 Å². The topological polar surface area (TPSA) is 100 Å². The molecule has 0 heterocycles. The molecule has 0 radical (unpaired) electrons. The first-order valence-electron chi connectivity index (χ1n) is 4.00. The standard InChI is InChI=1S/C4H11O2P.C2H7O3P.Ca/c1-3-7(5,6)4-2;1-2-6(3,4)5;/h3-4H2,1-2H3,(H,5,6);2H2,1H3,(H2,3,4,5);/q;;+2/p-2. The average molecular weight is 270 g/mol. The number of hydrogen-bond acceptors (Lipinski definition) is 4. The summed E-state index contributed by atoms with van der Waals surface area (Å²) in [6.45, 7) is 4.77. The Morgan fingerprint density at radius 1 is 1.00 bits per heavy atom. The molecule has 0 saturated heterocycles. The molecule has 0 amide bonds. The Bertz CT molecular complexity index is 206. The van der Waals surface area contributed by atoms with E-state index < -0.39 is 15.0 Å². The van der Waals surface area contributed by atoms with Crippen LogP contribution in [0.25, 0.3) is 0 Å². The zero-order chi connectivity index (χ0) is 11.1. The van der Waals surface area contributed by atoms with Gasteiger partial charge in [0.1, 0.15) is 0 Å². The Morgan fingerprint density at radius 3 is 1.21 bits per heavy atom. The van der Waals surface area contributed by atoms with Crippen molar-refractivity contribution in [3.05, 3.63) is 0 Å². The minimum atomic E-state index is -4.15. The molecular formula is C6H16CaO5P2. The van der Waals surface area contributed by atoms with Gasteiger partial charge in [0.15, 0.2) is 7.37 Å². The summed E-state index contributed by atoms with van der Waals surface area (Å²) in [4.78, 5) is 27.6. The molecule has 0 aromatic rings. The van der Waals surface area contributed by atoms with Crippen LogP contribution < -0.4 is 9.79 Å². The van der Waals surface area contributed by atoms with Gasteiger partial charge in [-0.3, -0.25) is 4.57 Å². The zero-order valence-corrected chi connectivity index (χ0v) is 12.8. The normalized spacial score (nSPS) is 11.0. The Morgan fingerprint density at radius 2 is 1.21 bits per heavy atom. The van der Waals surface area contributed by atoms with Gasteiger partial charge < -0.3 is 19.2 Å². The smallest absolute Gasteiger partial charge is 0.811 e. The summed E-state index contributed by atoms with van der Waals surface area (Å²) in [6.07, 6.45) is 0.528. The molecule has 0 saturated carbocycles. The van der Waals surface area contributed by atoms with Gasteiger partial charge in [-0.15, -0.1) is 0 Å². The molecule has 0 bridgehead atoms. The van der Waals surface area contributed by atoms with Crippen LogP contribution in [0.2, 0.25) is 0 Å². The molecule has 0 atom stereocenters. The van der Waals surface area contributed by atoms with Crippen molar-refractivity contribution in [1.29, 1.82) is 0 Å². The molecule has 0 aliphatic heterocycles. The van der Waals surface area contributed by atoms with Crippen LogP contribution in [0.5, 0.6) is 0 Å². The second-order valence-electron chi connectivity index (χ2n) is 2.41. The SMILES string of the molecule is CCP(=O)(O)CC.CCP(=O)([O-])[O-].[Ca+2]. The molecule has 5 nitrogen and oxygen atoms in total. The van der Waals surface area contributed by atoms with Crippen molar-refractivity contribution in [2.45, 2.75) is 20.8 Å². The van der Waals surface area contributed by atoms with Gasteiger partial charge in [0.2, 0.25) is 0 Å². The largest absolute Gasteiger partial charge is 2.00 e. The van der Waals surface area contributed by atoms with E-state index in [-0.39, 0.29) is 43.9 Å². The second-order valence-corrected chi connectivity index (χ2v) is 7.22. The van der Waals surface area contributed by atoms with Gasteiger partial charge in [0.25, 0.3) is 0 Å². The second kappa shape index (κ2) is 9.80. The average Bonchev–Trinajstić information content (AvgIpc) is 2.04. The molecule has 0 rings (SSSR count). The van der Waals surface area contributed by atoms with Crippen molar-refractivity contribution in [2.75, 3.05) is 18.5 Å². The van der Waals surface area contributed by atoms with Gasteiger partial charge in [-0.25, -0.2) is 0 Å². The first-order chi connectivity index (χ1) is 5.68. The van der Waals surface area contributed by atoms with Crippen molar-refractivity contribution < 1.29 is 23.8 Å².